The highest BCUT2D eigenvalue weighted by Crippen LogP contribution is 2.40. The minimum absolute atomic E-state index is 0.00747. The molecule has 8 nitrogen and oxygen atoms in total. The zero-order valence-electron chi connectivity index (χ0n) is 15.1. The molecule has 3 unspecified atom stereocenters. The van der Waals surface area contributed by atoms with Crippen molar-refractivity contribution in [2.45, 2.75) is 18.5 Å². The zero-order valence-corrected chi connectivity index (χ0v) is 15.1. The summed E-state index contributed by atoms with van der Waals surface area (Å²) in [6, 6.07) is 10.4. The van der Waals surface area contributed by atoms with Gasteiger partial charge in [0.15, 0.2) is 11.5 Å². The first-order valence-electron chi connectivity index (χ1n) is 9.32. The summed E-state index contributed by atoms with van der Waals surface area (Å²) < 4.78 is 10.9. The second kappa shape index (κ2) is 6.57. The Labute approximate surface area is 161 Å². The molecule has 5 rings (SSSR count). The molecule has 3 heterocycles. The normalized spacial score (nSPS) is 25.6. The molecule has 2 fully saturated rings. The van der Waals surface area contributed by atoms with Crippen molar-refractivity contribution in [2.24, 2.45) is 5.92 Å². The molecule has 2 saturated heterocycles. The molecule has 2 aromatic carbocycles. The van der Waals surface area contributed by atoms with Crippen molar-refractivity contribution in [3.05, 3.63) is 47.5 Å². The monoisotopic (exact) mass is 383 g/mol. The van der Waals surface area contributed by atoms with Gasteiger partial charge in [-0.2, -0.15) is 0 Å². The molecule has 3 atom stereocenters. The van der Waals surface area contributed by atoms with E-state index < -0.39 is 0 Å². The molecule has 0 aliphatic carbocycles. The molecule has 146 valence electrons. The number of hydrogen-bond acceptors (Lipinski definition) is 7. The molecule has 1 amide bonds. The lowest BCUT2D eigenvalue weighted by Gasteiger charge is -2.36. The van der Waals surface area contributed by atoms with E-state index in [4.69, 9.17) is 9.47 Å². The molecule has 0 saturated carbocycles. The van der Waals surface area contributed by atoms with Gasteiger partial charge in [-0.3, -0.25) is 10.2 Å². The smallest absolute Gasteiger partial charge is 0.261 e. The molecule has 8 heteroatoms. The summed E-state index contributed by atoms with van der Waals surface area (Å²) in [5, 5.41) is 20.1. The predicted molar refractivity (Wildman–Crippen MR) is 99.1 cm³/mol. The van der Waals surface area contributed by atoms with Gasteiger partial charge in [-0.15, -0.1) is 0 Å². The second-order valence-corrected chi connectivity index (χ2v) is 7.36. The van der Waals surface area contributed by atoms with Crippen molar-refractivity contribution >= 4 is 5.91 Å². The average molecular weight is 383 g/mol. The molecular weight excluding hydrogens is 362 g/mol. The van der Waals surface area contributed by atoms with Crippen LogP contribution in [0.1, 0.15) is 28.4 Å². The number of carbonyl (C=O) groups is 1. The van der Waals surface area contributed by atoms with E-state index in [1.54, 1.807) is 4.90 Å². The summed E-state index contributed by atoms with van der Waals surface area (Å²) in [6.45, 7) is 1.29. The fourth-order valence-electron chi connectivity index (χ4n) is 4.33. The number of phenolic OH excluding ortho intramolecular Hbond substituents is 2. The number of piperidine rings is 1. The van der Waals surface area contributed by atoms with Crippen LogP contribution in [0.2, 0.25) is 0 Å². The van der Waals surface area contributed by atoms with E-state index in [9.17, 15) is 15.0 Å². The number of hydrazine groups is 1. The Bertz CT molecular complexity index is 914. The van der Waals surface area contributed by atoms with Crippen molar-refractivity contribution in [3.8, 4) is 23.0 Å². The first-order valence-corrected chi connectivity index (χ1v) is 9.32. The highest BCUT2D eigenvalue weighted by Gasteiger charge is 2.42. The average Bonchev–Trinajstić information content (AvgIpc) is 3.33. The van der Waals surface area contributed by atoms with E-state index in [1.165, 1.54) is 18.2 Å². The highest BCUT2D eigenvalue weighted by atomic mass is 16.7. The third kappa shape index (κ3) is 2.73. The van der Waals surface area contributed by atoms with E-state index in [0.717, 1.165) is 23.5 Å². The quantitative estimate of drug-likeness (QED) is 0.623. The Hall–Kier alpha value is -2.97. The third-order valence-electron chi connectivity index (χ3n) is 5.79. The lowest BCUT2D eigenvalue weighted by Crippen LogP contribution is -2.47. The number of nitrogens with one attached hydrogen (secondary N) is 2. The van der Waals surface area contributed by atoms with Gasteiger partial charge in [0, 0.05) is 25.0 Å². The molecule has 2 aromatic rings. The fraction of sp³-hybridized carbons (Fsp3) is 0.350. The van der Waals surface area contributed by atoms with Crippen LogP contribution in [0.5, 0.6) is 23.0 Å². The minimum Gasteiger partial charge on any atom is -0.507 e. The molecule has 28 heavy (non-hydrogen) atoms. The van der Waals surface area contributed by atoms with Gasteiger partial charge in [-0.1, -0.05) is 12.1 Å². The first kappa shape index (κ1) is 17.2. The van der Waals surface area contributed by atoms with Gasteiger partial charge < -0.3 is 24.6 Å². The standard InChI is InChI=1S/C20H21N3O5/c24-14-2-1-3-15(25)18(14)20(26)23-7-6-13-12(9-23)19(22-21-13)11-4-5-16-17(8-11)28-10-27-16/h1-5,8,12-13,19,21-22,24-25H,6-7,9-10H2. The van der Waals surface area contributed by atoms with Crippen LogP contribution in [-0.4, -0.2) is 46.9 Å². The topological polar surface area (TPSA) is 103 Å². The summed E-state index contributed by atoms with van der Waals surface area (Å²) >= 11 is 0. The van der Waals surface area contributed by atoms with Crippen LogP contribution >= 0.6 is 0 Å². The lowest BCUT2D eigenvalue weighted by atomic mass is 9.84. The van der Waals surface area contributed by atoms with Crippen molar-refractivity contribution in [1.29, 1.82) is 0 Å². The second-order valence-electron chi connectivity index (χ2n) is 7.36. The number of phenols is 2. The number of amides is 1. The van der Waals surface area contributed by atoms with Gasteiger partial charge in [-0.05, 0) is 36.2 Å². The Morgan fingerprint density at radius 2 is 1.86 bits per heavy atom. The number of benzene rings is 2. The predicted octanol–water partition coefficient (Wildman–Crippen LogP) is 1.51. The molecular formula is C20H21N3O5. The fourth-order valence-corrected chi connectivity index (χ4v) is 4.33. The number of nitrogens with zero attached hydrogens (tertiary/aromatic N) is 1. The van der Waals surface area contributed by atoms with Crippen LogP contribution < -0.4 is 20.3 Å². The third-order valence-corrected chi connectivity index (χ3v) is 5.79. The van der Waals surface area contributed by atoms with E-state index in [2.05, 4.69) is 10.9 Å². The molecule has 4 N–H and O–H groups in total. The summed E-state index contributed by atoms with van der Waals surface area (Å²) in [5.74, 6) is 0.841. The number of fused-ring (bicyclic) bond motifs is 2. The number of carbonyl (C=O) groups excluding carboxylic acids is 1. The van der Waals surface area contributed by atoms with Gasteiger partial charge in [0.25, 0.3) is 5.91 Å². The summed E-state index contributed by atoms with van der Waals surface area (Å²) in [4.78, 5) is 14.7. The number of likely N-dealkylation sites (tertiary alicyclic amines) is 1. The van der Waals surface area contributed by atoms with Gasteiger partial charge in [0.2, 0.25) is 6.79 Å². The van der Waals surface area contributed by atoms with Crippen LogP contribution in [0.4, 0.5) is 0 Å². The summed E-state index contributed by atoms with van der Waals surface area (Å²) in [5.41, 5.74) is 7.70. The maximum Gasteiger partial charge on any atom is 0.261 e. The molecule has 0 radical (unpaired) electrons. The molecule has 0 spiro atoms. The van der Waals surface area contributed by atoms with Gasteiger partial charge in [-0.25, -0.2) is 5.43 Å². The molecule has 3 aliphatic rings. The van der Waals surface area contributed by atoms with Crippen LogP contribution in [-0.2, 0) is 0 Å². The van der Waals surface area contributed by atoms with E-state index in [0.29, 0.717) is 13.1 Å². The van der Waals surface area contributed by atoms with Gasteiger partial charge in [0.1, 0.15) is 17.1 Å². The molecule has 3 aliphatic heterocycles. The summed E-state index contributed by atoms with van der Waals surface area (Å²) in [6.07, 6.45) is 0.777. The first-order chi connectivity index (χ1) is 13.6. The van der Waals surface area contributed by atoms with Crippen LogP contribution in [0, 0.1) is 5.92 Å². The zero-order chi connectivity index (χ0) is 19.3. The van der Waals surface area contributed by atoms with Crippen molar-refractivity contribution in [1.82, 2.24) is 15.8 Å². The number of ether oxygens (including phenoxy) is 2. The van der Waals surface area contributed by atoms with Crippen molar-refractivity contribution in [2.75, 3.05) is 19.9 Å². The van der Waals surface area contributed by atoms with Crippen LogP contribution in [0.3, 0.4) is 0 Å². The number of hydrogen-bond donors (Lipinski definition) is 4. The molecule has 0 aromatic heterocycles. The highest BCUT2D eigenvalue weighted by molar-refractivity contribution is 5.99. The van der Waals surface area contributed by atoms with E-state index >= 15 is 0 Å². The Morgan fingerprint density at radius 1 is 1.07 bits per heavy atom. The number of rotatable bonds is 2. The minimum atomic E-state index is -0.356. The van der Waals surface area contributed by atoms with Crippen molar-refractivity contribution in [3.63, 3.8) is 0 Å². The summed E-state index contributed by atoms with van der Waals surface area (Å²) in [7, 11) is 0. The van der Waals surface area contributed by atoms with Crippen molar-refractivity contribution < 1.29 is 24.5 Å². The lowest BCUT2D eigenvalue weighted by molar-refractivity contribution is 0.0646. The van der Waals surface area contributed by atoms with Gasteiger partial charge >= 0.3 is 0 Å². The maximum atomic E-state index is 13.0. The van der Waals surface area contributed by atoms with Crippen LogP contribution in [0.15, 0.2) is 36.4 Å². The van der Waals surface area contributed by atoms with Crippen LogP contribution in [0.25, 0.3) is 0 Å². The number of aromatic hydroxyl groups is 2. The van der Waals surface area contributed by atoms with Gasteiger partial charge in [0.05, 0.1) is 6.04 Å². The van der Waals surface area contributed by atoms with E-state index in [1.807, 2.05) is 18.2 Å². The Balaban J connectivity index is 1.39. The van der Waals surface area contributed by atoms with E-state index in [-0.39, 0.29) is 47.8 Å². The SMILES string of the molecule is O=C(c1c(O)cccc1O)N1CCC2NNC(c3ccc4c(c3)OCO4)C2C1. The Morgan fingerprint density at radius 3 is 2.68 bits per heavy atom. The maximum absolute atomic E-state index is 13.0. The molecule has 0 bridgehead atoms. The Kier molecular flexibility index (Phi) is 4.03. The largest absolute Gasteiger partial charge is 0.507 e.